The maximum Gasteiger partial charge on any atom is 0.168 e. The first-order valence-corrected chi connectivity index (χ1v) is 10.9. The molecule has 0 aromatic rings. The Bertz CT molecular complexity index is 387. The summed E-state index contributed by atoms with van der Waals surface area (Å²) < 4.78 is 12.7. The molecule has 3 nitrogen and oxygen atoms in total. The van der Waals surface area contributed by atoms with E-state index < -0.39 is 0 Å². The summed E-state index contributed by atoms with van der Waals surface area (Å²) in [5.74, 6) is 0.566. The Balaban J connectivity index is 1.80. The van der Waals surface area contributed by atoms with Crippen LogP contribution >= 0.6 is 0 Å². The molecular weight excluding hydrogens is 310 g/mol. The molecule has 1 saturated heterocycles. The maximum absolute atomic E-state index is 6.48. The van der Waals surface area contributed by atoms with E-state index in [9.17, 15) is 0 Å². The standard InChI is InChI=1S/C22H43NO2/c1-7-15-23(18(4)8-2)16-12-20-17-24-22(25-20)13-10-19(11-14-22)21(5,6)9-3/h18-20H,7-17H2,1-6H3. The number of rotatable bonds is 9. The van der Waals surface area contributed by atoms with Crippen molar-refractivity contribution in [2.45, 2.75) is 111 Å². The Kier molecular flexibility index (Phi) is 7.79. The second-order valence-corrected chi connectivity index (χ2v) is 9.16. The van der Waals surface area contributed by atoms with Gasteiger partial charge in [-0.2, -0.15) is 0 Å². The van der Waals surface area contributed by atoms with Crippen LogP contribution in [0.1, 0.15) is 92.9 Å². The van der Waals surface area contributed by atoms with Crippen molar-refractivity contribution in [3.8, 4) is 0 Å². The Morgan fingerprint density at radius 2 is 1.80 bits per heavy atom. The zero-order valence-corrected chi connectivity index (χ0v) is 17.8. The fraction of sp³-hybridized carbons (Fsp3) is 1.00. The van der Waals surface area contributed by atoms with Crippen LogP contribution in [-0.4, -0.2) is 42.5 Å². The highest BCUT2D eigenvalue weighted by Crippen LogP contribution is 2.47. The van der Waals surface area contributed by atoms with Crippen LogP contribution in [0.5, 0.6) is 0 Å². The second-order valence-electron chi connectivity index (χ2n) is 9.16. The first-order chi connectivity index (χ1) is 11.9. The van der Waals surface area contributed by atoms with Gasteiger partial charge in [-0.05, 0) is 56.9 Å². The molecule has 25 heavy (non-hydrogen) atoms. The lowest BCUT2D eigenvalue weighted by atomic mass is 9.68. The zero-order chi connectivity index (χ0) is 18.5. The van der Waals surface area contributed by atoms with E-state index in [4.69, 9.17) is 9.47 Å². The van der Waals surface area contributed by atoms with Crippen LogP contribution in [-0.2, 0) is 9.47 Å². The van der Waals surface area contributed by atoms with Gasteiger partial charge in [-0.25, -0.2) is 0 Å². The Labute approximate surface area is 156 Å². The molecule has 0 aromatic carbocycles. The molecule has 2 unspecified atom stereocenters. The Morgan fingerprint density at radius 3 is 2.36 bits per heavy atom. The summed E-state index contributed by atoms with van der Waals surface area (Å²) in [4.78, 5) is 2.62. The van der Waals surface area contributed by atoms with Crippen molar-refractivity contribution in [2.75, 3.05) is 19.7 Å². The van der Waals surface area contributed by atoms with E-state index >= 15 is 0 Å². The zero-order valence-electron chi connectivity index (χ0n) is 17.8. The summed E-state index contributed by atoms with van der Waals surface area (Å²) in [6.07, 6.45) is 9.78. The van der Waals surface area contributed by atoms with Gasteiger partial charge in [-0.15, -0.1) is 0 Å². The molecule has 1 aliphatic carbocycles. The molecule has 2 fully saturated rings. The highest BCUT2D eigenvalue weighted by Gasteiger charge is 2.46. The van der Waals surface area contributed by atoms with E-state index in [0.717, 1.165) is 38.3 Å². The number of hydrogen-bond acceptors (Lipinski definition) is 3. The molecule has 1 saturated carbocycles. The lowest BCUT2D eigenvalue weighted by Gasteiger charge is -2.42. The van der Waals surface area contributed by atoms with Crippen molar-refractivity contribution in [1.82, 2.24) is 4.90 Å². The third-order valence-electron chi connectivity index (χ3n) is 7.14. The van der Waals surface area contributed by atoms with Gasteiger partial charge in [0.1, 0.15) is 0 Å². The molecule has 2 atom stereocenters. The van der Waals surface area contributed by atoms with Crippen molar-refractivity contribution in [3.05, 3.63) is 0 Å². The second kappa shape index (κ2) is 9.19. The molecule has 0 radical (unpaired) electrons. The summed E-state index contributed by atoms with van der Waals surface area (Å²) >= 11 is 0. The average Bonchev–Trinajstić information content (AvgIpc) is 3.00. The lowest BCUT2D eigenvalue weighted by Crippen LogP contribution is -2.40. The van der Waals surface area contributed by atoms with Gasteiger partial charge in [0.15, 0.2) is 5.79 Å². The molecule has 2 aliphatic rings. The molecule has 1 aliphatic heterocycles. The van der Waals surface area contributed by atoms with Gasteiger partial charge in [0.25, 0.3) is 0 Å². The van der Waals surface area contributed by atoms with Crippen molar-refractivity contribution in [2.24, 2.45) is 11.3 Å². The van der Waals surface area contributed by atoms with E-state index in [0.29, 0.717) is 17.6 Å². The van der Waals surface area contributed by atoms with E-state index in [2.05, 4.69) is 46.4 Å². The van der Waals surface area contributed by atoms with Gasteiger partial charge in [-0.1, -0.05) is 41.0 Å². The van der Waals surface area contributed by atoms with Gasteiger partial charge in [-0.3, -0.25) is 0 Å². The van der Waals surface area contributed by atoms with E-state index in [1.165, 1.54) is 38.6 Å². The molecule has 148 valence electrons. The van der Waals surface area contributed by atoms with Crippen LogP contribution in [0.25, 0.3) is 0 Å². The molecule has 0 N–H and O–H groups in total. The topological polar surface area (TPSA) is 21.7 Å². The smallest absolute Gasteiger partial charge is 0.168 e. The summed E-state index contributed by atoms with van der Waals surface area (Å²) in [6.45, 7) is 17.2. The normalized spacial score (nSPS) is 31.8. The molecule has 1 heterocycles. The highest BCUT2D eigenvalue weighted by atomic mass is 16.7. The fourth-order valence-corrected chi connectivity index (χ4v) is 4.56. The van der Waals surface area contributed by atoms with E-state index in [1.54, 1.807) is 0 Å². The first kappa shape index (κ1) is 21.2. The molecule has 0 bridgehead atoms. The average molecular weight is 354 g/mol. The van der Waals surface area contributed by atoms with Crippen molar-refractivity contribution >= 4 is 0 Å². The minimum Gasteiger partial charge on any atom is -0.347 e. The highest BCUT2D eigenvalue weighted by molar-refractivity contribution is 4.90. The van der Waals surface area contributed by atoms with Crippen molar-refractivity contribution < 1.29 is 9.47 Å². The predicted octanol–water partition coefficient (Wildman–Crippen LogP) is 5.63. The number of nitrogens with zero attached hydrogens (tertiary/aromatic N) is 1. The Morgan fingerprint density at radius 1 is 1.12 bits per heavy atom. The molecule has 0 amide bonds. The predicted molar refractivity (Wildman–Crippen MR) is 106 cm³/mol. The van der Waals surface area contributed by atoms with Crippen LogP contribution in [0.4, 0.5) is 0 Å². The first-order valence-electron chi connectivity index (χ1n) is 10.9. The Hall–Kier alpha value is -0.120. The SMILES string of the molecule is CCCN(CCC1COC2(CCC(C(C)(C)CC)CC2)O1)C(C)CC. The summed E-state index contributed by atoms with van der Waals surface area (Å²) in [6, 6.07) is 0.669. The van der Waals surface area contributed by atoms with Gasteiger partial charge >= 0.3 is 0 Å². The minimum absolute atomic E-state index is 0.253. The van der Waals surface area contributed by atoms with Crippen LogP contribution < -0.4 is 0 Å². The number of ether oxygens (including phenoxy) is 2. The number of hydrogen-bond donors (Lipinski definition) is 0. The van der Waals surface area contributed by atoms with Crippen LogP contribution in [0.2, 0.25) is 0 Å². The van der Waals surface area contributed by atoms with Crippen molar-refractivity contribution in [1.29, 1.82) is 0 Å². The van der Waals surface area contributed by atoms with Crippen LogP contribution in [0.15, 0.2) is 0 Å². The lowest BCUT2D eigenvalue weighted by molar-refractivity contribution is -0.197. The summed E-state index contributed by atoms with van der Waals surface area (Å²) in [5.41, 5.74) is 0.455. The third-order valence-corrected chi connectivity index (χ3v) is 7.14. The van der Waals surface area contributed by atoms with Gasteiger partial charge in [0.2, 0.25) is 0 Å². The largest absolute Gasteiger partial charge is 0.347 e. The van der Waals surface area contributed by atoms with E-state index in [-0.39, 0.29) is 5.79 Å². The molecule has 2 rings (SSSR count). The van der Waals surface area contributed by atoms with Gasteiger partial charge < -0.3 is 14.4 Å². The fourth-order valence-electron chi connectivity index (χ4n) is 4.56. The summed E-state index contributed by atoms with van der Waals surface area (Å²) in [5, 5.41) is 0. The van der Waals surface area contributed by atoms with Crippen molar-refractivity contribution in [3.63, 3.8) is 0 Å². The minimum atomic E-state index is -0.253. The molecule has 1 spiro atoms. The monoisotopic (exact) mass is 353 g/mol. The van der Waals surface area contributed by atoms with Crippen LogP contribution in [0.3, 0.4) is 0 Å². The molecule has 0 aromatic heterocycles. The molecular formula is C22H43NO2. The molecule has 3 heteroatoms. The maximum atomic E-state index is 6.48. The van der Waals surface area contributed by atoms with Crippen LogP contribution in [0, 0.1) is 11.3 Å². The summed E-state index contributed by atoms with van der Waals surface area (Å²) in [7, 11) is 0. The third kappa shape index (κ3) is 5.43. The quantitative estimate of drug-likeness (QED) is 0.536. The van der Waals surface area contributed by atoms with Gasteiger partial charge in [0.05, 0.1) is 12.7 Å². The van der Waals surface area contributed by atoms with Gasteiger partial charge in [0, 0.05) is 25.4 Å². The van der Waals surface area contributed by atoms with E-state index in [1.807, 2.05) is 0 Å².